The van der Waals surface area contributed by atoms with Crippen LogP contribution in [0.25, 0.3) is 11.6 Å². The smallest absolute Gasteiger partial charge is 0.258 e. The normalized spacial score (nSPS) is 15.8. The number of carbonyl (C=O) groups excluding carboxylic acids is 1. The molecule has 0 N–H and O–H groups in total. The molecular formula is C18H17NO. The third-order valence-corrected chi connectivity index (χ3v) is 3.52. The highest BCUT2D eigenvalue weighted by molar-refractivity contribution is 6.35. The Balaban J connectivity index is 2.09. The summed E-state index contributed by atoms with van der Waals surface area (Å²) in [7, 11) is 0. The molecule has 2 aromatic carbocycles. The lowest BCUT2D eigenvalue weighted by Gasteiger charge is -2.15. The molecule has 2 heteroatoms. The molecule has 0 spiro atoms. The summed E-state index contributed by atoms with van der Waals surface area (Å²) in [5, 5.41) is 0. The van der Waals surface area contributed by atoms with Crippen molar-refractivity contribution in [3.05, 3.63) is 65.7 Å². The minimum Gasteiger partial charge on any atom is -0.308 e. The Hall–Kier alpha value is -2.35. The molecule has 3 rings (SSSR count). The molecule has 20 heavy (non-hydrogen) atoms. The number of hydrogen-bond acceptors (Lipinski definition) is 1. The van der Waals surface area contributed by atoms with Gasteiger partial charge in [-0.05, 0) is 24.1 Å². The topological polar surface area (TPSA) is 20.3 Å². The summed E-state index contributed by atoms with van der Waals surface area (Å²) >= 11 is 0. The van der Waals surface area contributed by atoms with Gasteiger partial charge >= 0.3 is 0 Å². The molecule has 0 aromatic heterocycles. The maximum atomic E-state index is 12.6. The second kappa shape index (κ2) is 5.33. The second-order valence-electron chi connectivity index (χ2n) is 4.94. The van der Waals surface area contributed by atoms with Crippen molar-refractivity contribution in [3.63, 3.8) is 0 Å². The van der Waals surface area contributed by atoms with Crippen molar-refractivity contribution in [2.45, 2.75) is 13.3 Å². The van der Waals surface area contributed by atoms with Gasteiger partial charge < -0.3 is 4.90 Å². The van der Waals surface area contributed by atoms with Crippen LogP contribution in [0.4, 0.5) is 5.69 Å². The van der Waals surface area contributed by atoms with Crippen molar-refractivity contribution in [2.75, 3.05) is 11.4 Å². The fourth-order valence-corrected chi connectivity index (χ4v) is 2.61. The van der Waals surface area contributed by atoms with Gasteiger partial charge in [-0.15, -0.1) is 0 Å². The number of nitrogens with zero attached hydrogens (tertiary/aromatic N) is 1. The van der Waals surface area contributed by atoms with E-state index in [1.807, 2.05) is 65.6 Å². The van der Waals surface area contributed by atoms with Crippen LogP contribution in [0.3, 0.4) is 0 Å². The fourth-order valence-electron chi connectivity index (χ4n) is 2.61. The number of para-hydroxylation sites is 1. The molecule has 0 radical (unpaired) electrons. The van der Waals surface area contributed by atoms with Crippen LogP contribution in [0.5, 0.6) is 0 Å². The molecule has 0 saturated heterocycles. The Morgan fingerprint density at radius 3 is 2.45 bits per heavy atom. The molecule has 100 valence electrons. The van der Waals surface area contributed by atoms with E-state index in [9.17, 15) is 4.79 Å². The number of amides is 1. The third-order valence-electron chi connectivity index (χ3n) is 3.52. The van der Waals surface area contributed by atoms with Gasteiger partial charge in [0.1, 0.15) is 0 Å². The van der Waals surface area contributed by atoms with Crippen LogP contribution in [0.2, 0.25) is 0 Å². The number of carbonyl (C=O) groups is 1. The Labute approximate surface area is 119 Å². The monoisotopic (exact) mass is 263 g/mol. The van der Waals surface area contributed by atoms with Crippen molar-refractivity contribution in [3.8, 4) is 0 Å². The number of rotatable bonds is 3. The second-order valence-corrected chi connectivity index (χ2v) is 4.94. The first-order valence-electron chi connectivity index (χ1n) is 6.99. The first-order valence-corrected chi connectivity index (χ1v) is 6.99. The van der Waals surface area contributed by atoms with Crippen molar-refractivity contribution in [1.82, 2.24) is 0 Å². The van der Waals surface area contributed by atoms with Gasteiger partial charge in [0.15, 0.2) is 0 Å². The largest absolute Gasteiger partial charge is 0.308 e. The maximum Gasteiger partial charge on any atom is 0.258 e. The maximum absolute atomic E-state index is 12.6. The number of hydrogen-bond donors (Lipinski definition) is 0. The van der Waals surface area contributed by atoms with E-state index >= 15 is 0 Å². The van der Waals surface area contributed by atoms with Gasteiger partial charge in [0.05, 0.1) is 5.69 Å². The molecule has 0 saturated carbocycles. The predicted molar refractivity (Wildman–Crippen MR) is 83.4 cm³/mol. The van der Waals surface area contributed by atoms with Crippen LogP contribution in [0, 0.1) is 0 Å². The van der Waals surface area contributed by atoms with E-state index in [0.29, 0.717) is 0 Å². The van der Waals surface area contributed by atoms with E-state index in [0.717, 1.165) is 35.4 Å². The van der Waals surface area contributed by atoms with Crippen LogP contribution >= 0.6 is 0 Å². The molecule has 1 aliphatic rings. The van der Waals surface area contributed by atoms with Crippen LogP contribution in [0.15, 0.2) is 54.6 Å². The lowest BCUT2D eigenvalue weighted by atomic mass is 10.0. The zero-order valence-electron chi connectivity index (χ0n) is 11.5. The van der Waals surface area contributed by atoms with Crippen LogP contribution in [0.1, 0.15) is 24.5 Å². The highest BCUT2D eigenvalue weighted by Gasteiger charge is 2.31. The summed E-state index contributed by atoms with van der Waals surface area (Å²) in [5.74, 6) is 0.108. The Morgan fingerprint density at radius 1 is 1.00 bits per heavy atom. The van der Waals surface area contributed by atoms with E-state index in [1.54, 1.807) is 0 Å². The molecule has 1 amide bonds. The van der Waals surface area contributed by atoms with Gasteiger partial charge in [0, 0.05) is 17.7 Å². The van der Waals surface area contributed by atoms with Gasteiger partial charge in [-0.25, -0.2) is 0 Å². The first kappa shape index (κ1) is 12.7. The third kappa shape index (κ3) is 2.14. The Kier molecular flexibility index (Phi) is 3.38. The van der Waals surface area contributed by atoms with Crippen LogP contribution < -0.4 is 4.90 Å². The molecule has 2 nitrogen and oxygen atoms in total. The lowest BCUT2D eigenvalue weighted by Crippen LogP contribution is -2.26. The summed E-state index contributed by atoms with van der Waals surface area (Å²) in [6.45, 7) is 2.86. The van der Waals surface area contributed by atoms with Gasteiger partial charge in [-0.3, -0.25) is 4.79 Å². The van der Waals surface area contributed by atoms with Gasteiger partial charge in [0.25, 0.3) is 5.91 Å². The van der Waals surface area contributed by atoms with Gasteiger partial charge in [-0.1, -0.05) is 55.5 Å². The molecule has 0 unspecified atom stereocenters. The quantitative estimate of drug-likeness (QED) is 0.767. The van der Waals surface area contributed by atoms with E-state index in [2.05, 4.69) is 6.92 Å². The zero-order valence-corrected chi connectivity index (χ0v) is 11.5. The van der Waals surface area contributed by atoms with Crippen molar-refractivity contribution in [1.29, 1.82) is 0 Å². The van der Waals surface area contributed by atoms with Crippen molar-refractivity contribution in [2.24, 2.45) is 0 Å². The average molecular weight is 263 g/mol. The first-order chi connectivity index (χ1) is 9.81. The molecule has 1 heterocycles. The summed E-state index contributed by atoms with van der Waals surface area (Å²) < 4.78 is 0. The van der Waals surface area contributed by atoms with Crippen LogP contribution in [-0.4, -0.2) is 12.5 Å². The minimum atomic E-state index is 0.108. The number of benzene rings is 2. The standard InChI is InChI=1S/C18H17NO/c1-2-12-19-17-11-7-6-10-15(17)16(18(19)20)13-14-8-4-3-5-9-14/h3-11,13H,2,12H2,1H3/b16-13-. The minimum absolute atomic E-state index is 0.108. The summed E-state index contributed by atoms with van der Waals surface area (Å²) in [6, 6.07) is 18.0. The molecule has 2 aromatic rings. The van der Waals surface area contributed by atoms with Crippen molar-refractivity contribution >= 4 is 23.2 Å². The van der Waals surface area contributed by atoms with E-state index in [-0.39, 0.29) is 5.91 Å². The molecule has 1 aliphatic heterocycles. The lowest BCUT2D eigenvalue weighted by molar-refractivity contribution is -0.113. The fraction of sp³-hybridized carbons (Fsp3) is 0.167. The highest BCUT2D eigenvalue weighted by Crippen LogP contribution is 2.37. The summed E-state index contributed by atoms with van der Waals surface area (Å²) in [4.78, 5) is 14.5. The average Bonchev–Trinajstić information content (AvgIpc) is 2.75. The molecule has 0 aliphatic carbocycles. The highest BCUT2D eigenvalue weighted by atomic mass is 16.2. The molecule has 0 bridgehead atoms. The number of fused-ring (bicyclic) bond motifs is 1. The molecular weight excluding hydrogens is 246 g/mol. The molecule has 0 fully saturated rings. The Morgan fingerprint density at radius 2 is 1.70 bits per heavy atom. The van der Waals surface area contributed by atoms with Crippen molar-refractivity contribution < 1.29 is 4.79 Å². The van der Waals surface area contributed by atoms with Crippen LogP contribution in [-0.2, 0) is 4.79 Å². The zero-order chi connectivity index (χ0) is 13.9. The molecule has 0 atom stereocenters. The summed E-state index contributed by atoms with van der Waals surface area (Å²) in [6.07, 6.45) is 2.94. The van der Waals surface area contributed by atoms with E-state index in [4.69, 9.17) is 0 Å². The van der Waals surface area contributed by atoms with E-state index < -0.39 is 0 Å². The number of anilines is 1. The SMILES string of the molecule is CCCN1C(=O)/C(=C\c2ccccc2)c2ccccc21. The van der Waals surface area contributed by atoms with Gasteiger partial charge in [-0.2, -0.15) is 0 Å². The Bertz CT molecular complexity index is 658. The van der Waals surface area contributed by atoms with E-state index in [1.165, 1.54) is 0 Å². The summed E-state index contributed by atoms with van der Waals surface area (Å²) in [5.41, 5.74) is 3.92. The predicted octanol–water partition coefficient (Wildman–Crippen LogP) is 3.98. The van der Waals surface area contributed by atoms with Gasteiger partial charge in [0.2, 0.25) is 0 Å².